The molecule has 1 heterocycles. The SMILES string of the molecule is CN1CCOC(C(O)c2ccc(OC3CC3)cc2)C1. The number of aliphatic hydroxyl groups excluding tert-OH is 1. The average Bonchev–Trinajstić information content (AvgIpc) is 3.23. The standard InChI is InChI=1S/C15H21NO3/c1-16-8-9-18-14(10-16)15(17)11-2-4-12(5-3-11)19-13-6-7-13/h2-5,13-15,17H,6-10H2,1H3. The van der Waals surface area contributed by atoms with Crippen LogP contribution in [0.5, 0.6) is 5.75 Å². The summed E-state index contributed by atoms with van der Waals surface area (Å²) < 4.78 is 11.3. The van der Waals surface area contributed by atoms with Crippen molar-refractivity contribution < 1.29 is 14.6 Å². The van der Waals surface area contributed by atoms with Gasteiger partial charge in [0.05, 0.1) is 12.7 Å². The summed E-state index contributed by atoms with van der Waals surface area (Å²) in [5.41, 5.74) is 0.892. The fraction of sp³-hybridized carbons (Fsp3) is 0.600. The number of hydrogen-bond donors (Lipinski definition) is 1. The normalized spacial score (nSPS) is 26.1. The smallest absolute Gasteiger partial charge is 0.119 e. The van der Waals surface area contributed by atoms with Crippen LogP contribution in [0.1, 0.15) is 24.5 Å². The molecule has 1 saturated heterocycles. The number of ether oxygens (including phenoxy) is 2. The highest BCUT2D eigenvalue weighted by molar-refractivity contribution is 5.29. The lowest BCUT2D eigenvalue weighted by Crippen LogP contribution is -2.42. The van der Waals surface area contributed by atoms with E-state index < -0.39 is 6.10 Å². The fourth-order valence-electron chi connectivity index (χ4n) is 2.34. The van der Waals surface area contributed by atoms with Gasteiger partial charge in [0, 0.05) is 13.1 Å². The minimum absolute atomic E-state index is 0.144. The highest BCUT2D eigenvalue weighted by atomic mass is 16.5. The molecule has 0 aromatic heterocycles. The Labute approximate surface area is 113 Å². The molecule has 2 atom stereocenters. The molecule has 1 aliphatic heterocycles. The van der Waals surface area contributed by atoms with Gasteiger partial charge in [0.2, 0.25) is 0 Å². The van der Waals surface area contributed by atoms with Crippen molar-refractivity contribution in [2.45, 2.75) is 31.2 Å². The maximum atomic E-state index is 10.4. The van der Waals surface area contributed by atoms with E-state index in [-0.39, 0.29) is 6.10 Å². The molecule has 2 unspecified atom stereocenters. The number of nitrogens with zero attached hydrogens (tertiary/aromatic N) is 1. The topological polar surface area (TPSA) is 41.9 Å². The molecule has 0 amide bonds. The quantitative estimate of drug-likeness (QED) is 0.896. The zero-order valence-electron chi connectivity index (χ0n) is 11.3. The second-order valence-corrected chi connectivity index (χ2v) is 5.50. The largest absolute Gasteiger partial charge is 0.490 e. The van der Waals surface area contributed by atoms with Gasteiger partial charge in [-0.3, -0.25) is 0 Å². The van der Waals surface area contributed by atoms with Crippen molar-refractivity contribution in [2.75, 3.05) is 26.7 Å². The number of aliphatic hydroxyl groups is 1. The Bertz CT molecular complexity index is 416. The number of rotatable bonds is 4. The Morgan fingerprint density at radius 1 is 1.32 bits per heavy atom. The highest BCUT2D eigenvalue weighted by Gasteiger charge is 2.27. The maximum Gasteiger partial charge on any atom is 0.119 e. The van der Waals surface area contributed by atoms with E-state index in [9.17, 15) is 5.11 Å². The molecule has 1 saturated carbocycles. The van der Waals surface area contributed by atoms with Crippen LogP contribution in [0.4, 0.5) is 0 Å². The minimum Gasteiger partial charge on any atom is -0.490 e. The van der Waals surface area contributed by atoms with Gasteiger partial charge in [-0.25, -0.2) is 0 Å². The Morgan fingerprint density at radius 3 is 2.68 bits per heavy atom. The summed E-state index contributed by atoms with van der Waals surface area (Å²) in [5.74, 6) is 0.889. The molecule has 2 fully saturated rings. The average molecular weight is 263 g/mol. The molecule has 19 heavy (non-hydrogen) atoms. The van der Waals surface area contributed by atoms with E-state index in [0.717, 1.165) is 37.2 Å². The summed E-state index contributed by atoms with van der Waals surface area (Å²) in [4.78, 5) is 2.18. The van der Waals surface area contributed by atoms with Crippen LogP contribution in [0.15, 0.2) is 24.3 Å². The van der Waals surface area contributed by atoms with Crippen LogP contribution in [-0.2, 0) is 4.74 Å². The predicted molar refractivity (Wildman–Crippen MR) is 72.3 cm³/mol. The van der Waals surface area contributed by atoms with Gasteiger partial charge in [-0.1, -0.05) is 12.1 Å². The molecule has 4 nitrogen and oxygen atoms in total. The molecular formula is C15H21NO3. The molecule has 1 aromatic rings. The monoisotopic (exact) mass is 263 g/mol. The van der Waals surface area contributed by atoms with Crippen molar-refractivity contribution in [3.8, 4) is 5.75 Å². The number of hydrogen-bond acceptors (Lipinski definition) is 4. The zero-order valence-corrected chi connectivity index (χ0v) is 11.3. The molecule has 2 aliphatic rings. The molecule has 4 heteroatoms. The Morgan fingerprint density at radius 2 is 2.05 bits per heavy atom. The Kier molecular flexibility index (Phi) is 3.73. The first-order valence-corrected chi connectivity index (χ1v) is 6.97. The summed E-state index contributed by atoms with van der Waals surface area (Å²) in [6.45, 7) is 2.37. The summed E-state index contributed by atoms with van der Waals surface area (Å²) in [6, 6.07) is 7.73. The Balaban J connectivity index is 1.63. The van der Waals surface area contributed by atoms with Crippen LogP contribution in [0.3, 0.4) is 0 Å². The first-order chi connectivity index (χ1) is 9.22. The number of likely N-dealkylation sites (N-methyl/N-ethyl adjacent to an activating group) is 1. The van der Waals surface area contributed by atoms with Crippen LogP contribution < -0.4 is 4.74 Å². The van der Waals surface area contributed by atoms with Crippen molar-refractivity contribution in [2.24, 2.45) is 0 Å². The van der Waals surface area contributed by atoms with Gasteiger partial charge in [0.15, 0.2) is 0 Å². The minimum atomic E-state index is -0.572. The molecular weight excluding hydrogens is 242 g/mol. The lowest BCUT2D eigenvalue weighted by atomic mass is 10.0. The van der Waals surface area contributed by atoms with Gasteiger partial charge in [0.25, 0.3) is 0 Å². The van der Waals surface area contributed by atoms with Crippen LogP contribution in [-0.4, -0.2) is 49.0 Å². The second-order valence-electron chi connectivity index (χ2n) is 5.50. The summed E-state index contributed by atoms with van der Waals surface area (Å²) in [7, 11) is 2.05. The lowest BCUT2D eigenvalue weighted by Gasteiger charge is -2.33. The van der Waals surface area contributed by atoms with Gasteiger partial charge >= 0.3 is 0 Å². The number of benzene rings is 1. The first-order valence-electron chi connectivity index (χ1n) is 6.97. The molecule has 1 aromatic carbocycles. The molecule has 1 aliphatic carbocycles. The van der Waals surface area contributed by atoms with Gasteiger partial charge in [-0.2, -0.15) is 0 Å². The van der Waals surface area contributed by atoms with E-state index in [1.54, 1.807) is 0 Å². The van der Waals surface area contributed by atoms with Gasteiger partial charge in [-0.05, 0) is 37.6 Å². The fourth-order valence-corrected chi connectivity index (χ4v) is 2.34. The highest BCUT2D eigenvalue weighted by Crippen LogP contribution is 2.28. The molecule has 0 bridgehead atoms. The van der Waals surface area contributed by atoms with E-state index in [1.807, 2.05) is 24.3 Å². The van der Waals surface area contributed by atoms with E-state index >= 15 is 0 Å². The van der Waals surface area contributed by atoms with Crippen LogP contribution in [0.25, 0.3) is 0 Å². The molecule has 1 N–H and O–H groups in total. The van der Waals surface area contributed by atoms with Crippen LogP contribution in [0, 0.1) is 0 Å². The van der Waals surface area contributed by atoms with Gasteiger partial charge in [0.1, 0.15) is 18.0 Å². The van der Waals surface area contributed by atoms with E-state index in [2.05, 4.69) is 11.9 Å². The van der Waals surface area contributed by atoms with Crippen molar-refractivity contribution in [1.29, 1.82) is 0 Å². The van der Waals surface area contributed by atoms with E-state index in [1.165, 1.54) is 0 Å². The number of morpholine rings is 1. The summed E-state index contributed by atoms with van der Waals surface area (Å²) in [6.07, 6.45) is 2.01. The third kappa shape index (κ3) is 3.26. The summed E-state index contributed by atoms with van der Waals surface area (Å²) in [5, 5.41) is 10.4. The molecule has 3 rings (SSSR count). The van der Waals surface area contributed by atoms with Gasteiger partial charge < -0.3 is 19.5 Å². The molecule has 104 valence electrons. The van der Waals surface area contributed by atoms with Crippen LogP contribution in [0.2, 0.25) is 0 Å². The third-order valence-corrected chi connectivity index (χ3v) is 3.70. The summed E-state index contributed by atoms with van der Waals surface area (Å²) >= 11 is 0. The predicted octanol–water partition coefficient (Wildman–Crippen LogP) is 1.59. The van der Waals surface area contributed by atoms with Gasteiger partial charge in [-0.15, -0.1) is 0 Å². The van der Waals surface area contributed by atoms with Crippen molar-refractivity contribution in [3.05, 3.63) is 29.8 Å². The maximum absolute atomic E-state index is 10.4. The van der Waals surface area contributed by atoms with Crippen molar-refractivity contribution in [1.82, 2.24) is 4.90 Å². The first kappa shape index (κ1) is 12.9. The third-order valence-electron chi connectivity index (χ3n) is 3.70. The lowest BCUT2D eigenvalue weighted by molar-refractivity contribution is -0.0844. The molecule has 0 spiro atoms. The van der Waals surface area contributed by atoms with Crippen LogP contribution >= 0.6 is 0 Å². The van der Waals surface area contributed by atoms with Crippen molar-refractivity contribution in [3.63, 3.8) is 0 Å². The molecule has 0 radical (unpaired) electrons. The second kappa shape index (κ2) is 5.49. The van der Waals surface area contributed by atoms with E-state index in [0.29, 0.717) is 12.7 Å². The van der Waals surface area contributed by atoms with Crippen molar-refractivity contribution >= 4 is 0 Å². The Hall–Kier alpha value is -1.10. The van der Waals surface area contributed by atoms with E-state index in [4.69, 9.17) is 9.47 Å². The zero-order chi connectivity index (χ0) is 13.2.